The molecule has 1 fully saturated rings. The van der Waals surface area contributed by atoms with E-state index >= 15 is 0 Å². The van der Waals surface area contributed by atoms with Crippen LogP contribution in [-0.2, 0) is 4.74 Å². The molecule has 0 N–H and O–H groups in total. The van der Waals surface area contributed by atoms with Crippen molar-refractivity contribution in [2.75, 3.05) is 12.9 Å². The van der Waals surface area contributed by atoms with Crippen LogP contribution in [0.5, 0.6) is 0 Å². The Labute approximate surface area is 75.6 Å². The number of ether oxygens (including phenoxy) is 1. The zero-order chi connectivity index (χ0) is 8.39. The Morgan fingerprint density at radius 3 is 3.08 bits per heavy atom. The van der Waals surface area contributed by atoms with E-state index in [4.69, 9.17) is 4.74 Å². The molecule has 12 heavy (non-hydrogen) atoms. The SMILES string of the molecule is CSc1nccc(C2CCO2)n1. The van der Waals surface area contributed by atoms with Crippen LogP contribution in [0.1, 0.15) is 18.2 Å². The van der Waals surface area contributed by atoms with Crippen LogP contribution in [0.25, 0.3) is 0 Å². The van der Waals surface area contributed by atoms with Gasteiger partial charge in [0, 0.05) is 12.6 Å². The molecule has 0 bridgehead atoms. The molecule has 0 spiro atoms. The van der Waals surface area contributed by atoms with Crippen molar-refractivity contribution in [1.82, 2.24) is 9.97 Å². The summed E-state index contributed by atoms with van der Waals surface area (Å²) in [6.07, 6.45) is 5.07. The van der Waals surface area contributed by atoms with Crippen LogP contribution in [0.4, 0.5) is 0 Å². The van der Waals surface area contributed by atoms with Gasteiger partial charge in [-0.15, -0.1) is 0 Å². The van der Waals surface area contributed by atoms with E-state index in [9.17, 15) is 0 Å². The van der Waals surface area contributed by atoms with Crippen molar-refractivity contribution in [2.45, 2.75) is 17.7 Å². The molecule has 64 valence electrons. The van der Waals surface area contributed by atoms with Crippen LogP contribution in [-0.4, -0.2) is 22.8 Å². The minimum Gasteiger partial charge on any atom is -0.372 e. The third-order valence-electron chi connectivity index (χ3n) is 1.87. The van der Waals surface area contributed by atoms with Gasteiger partial charge in [0.1, 0.15) is 6.10 Å². The summed E-state index contributed by atoms with van der Waals surface area (Å²) in [6, 6.07) is 1.92. The summed E-state index contributed by atoms with van der Waals surface area (Å²) < 4.78 is 5.32. The van der Waals surface area contributed by atoms with Crippen LogP contribution < -0.4 is 0 Å². The first-order chi connectivity index (χ1) is 5.90. The monoisotopic (exact) mass is 182 g/mol. The Kier molecular flexibility index (Phi) is 2.28. The van der Waals surface area contributed by atoms with Crippen LogP contribution in [0, 0.1) is 0 Å². The van der Waals surface area contributed by atoms with Crippen LogP contribution in [0.15, 0.2) is 17.4 Å². The third-order valence-corrected chi connectivity index (χ3v) is 2.43. The first kappa shape index (κ1) is 8.01. The fraction of sp³-hybridized carbons (Fsp3) is 0.500. The van der Waals surface area contributed by atoms with Crippen molar-refractivity contribution in [2.24, 2.45) is 0 Å². The van der Waals surface area contributed by atoms with E-state index in [1.807, 2.05) is 12.3 Å². The lowest BCUT2D eigenvalue weighted by molar-refractivity contribution is -0.0556. The smallest absolute Gasteiger partial charge is 0.187 e. The maximum atomic E-state index is 5.32. The first-order valence-corrected chi connectivity index (χ1v) is 5.11. The highest BCUT2D eigenvalue weighted by molar-refractivity contribution is 7.98. The minimum atomic E-state index is 0.221. The van der Waals surface area contributed by atoms with Gasteiger partial charge in [0.25, 0.3) is 0 Å². The number of aromatic nitrogens is 2. The predicted octanol–water partition coefficient (Wildman–Crippen LogP) is 1.66. The molecule has 0 saturated carbocycles. The van der Waals surface area contributed by atoms with E-state index < -0.39 is 0 Å². The quantitative estimate of drug-likeness (QED) is 0.514. The standard InChI is InChI=1S/C8H10N2OS/c1-12-8-9-4-2-6(10-8)7-3-5-11-7/h2,4,7H,3,5H2,1H3. The maximum absolute atomic E-state index is 5.32. The molecule has 2 rings (SSSR count). The van der Waals surface area contributed by atoms with Gasteiger partial charge < -0.3 is 4.74 Å². The zero-order valence-electron chi connectivity index (χ0n) is 6.86. The molecule has 1 aliphatic rings. The fourth-order valence-corrected chi connectivity index (χ4v) is 1.46. The second kappa shape index (κ2) is 3.41. The molecule has 0 aliphatic carbocycles. The van der Waals surface area contributed by atoms with Crippen molar-refractivity contribution in [3.8, 4) is 0 Å². The van der Waals surface area contributed by atoms with Crippen molar-refractivity contribution < 1.29 is 4.74 Å². The van der Waals surface area contributed by atoms with Gasteiger partial charge in [0.15, 0.2) is 5.16 Å². The number of hydrogen-bond acceptors (Lipinski definition) is 4. The molecular weight excluding hydrogens is 172 g/mol. The highest BCUT2D eigenvalue weighted by Crippen LogP contribution is 2.27. The summed E-state index contributed by atoms with van der Waals surface area (Å²) >= 11 is 1.56. The van der Waals surface area contributed by atoms with Gasteiger partial charge in [0.05, 0.1) is 12.3 Å². The molecule has 1 saturated heterocycles. The van der Waals surface area contributed by atoms with Gasteiger partial charge in [-0.1, -0.05) is 11.8 Å². The van der Waals surface area contributed by atoms with E-state index in [1.54, 1.807) is 18.0 Å². The molecule has 0 aromatic carbocycles. The molecule has 1 unspecified atom stereocenters. The van der Waals surface area contributed by atoms with Crippen LogP contribution >= 0.6 is 11.8 Å². The molecule has 0 amide bonds. The van der Waals surface area contributed by atoms with E-state index in [0.29, 0.717) is 0 Å². The highest BCUT2D eigenvalue weighted by Gasteiger charge is 2.21. The Morgan fingerprint density at radius 2 is 2.50 bits per heavy atom. The molecule has 2 heterocycles. The lowest BCUT2D eigenvalue weighted by atomic mass is 10.1. The van der Waals surface area contributed by atoms with Crippen molar-refractivity contribution in [3.05, 3.63) is 18.0 Å². The van der Waals surface area contributed by atoms with Crippen molar-refractivity contribution >= 4 is 11.8 Å². The maximum Gasteiger partial charge on any atom is 0.187 e. The largest absolute Gasteiger partial charge is 0.372 e. The number of nitrogens with zero attached hydrogens (tertiary/aromatic N) is 2. The van der Waals surface area contributed by atoms with Crippen molar-refractivity contribution in [3.63, 3.8) is 0 Å². The molecule has 1 aromatic heterocycles. The molecule has 1 aliphatic heterocycles. The van der Waals surface area contributed by atoms with Gasteiger partial charge in [-0.05, 0) is 12.3 Å². The van der Waals surface area contributed by atoms with Crippen LogP contribution in [0.3, 0.4) is 0 Å². The van der Waals surface area contributed by atoms with Gasteiger partial charge in [0.2, 0.25) is 0 Å². The summed E-state index contributed by atoms with van der Waals surface area (Å²) in [4.78, 5) is 8.44. The summed E-state index contributed by atoms with van der Waals surface area (Å²) in [5, 5.41) is 0.822. The van der Waals surface area contributed by atoms with Gasteiger partial charge >= 0.3 is 0 Å². The molecule has 0 radical (unpaired) electrons. The highest BCUT2D eigenvalue weighted by atomic mass is 32.2. The molecule has 3 nitrogen and oxygen atoms in total. The van der Waals surface area contributed by atoms with Gasteiger partial charge in [-0.3, -0.25) is 0 Å². The minimum absolute atomic E-state index is 0.221. The molecule has 1 atom stereocenters. The zero-order valence-corrected chi connectivity index (χ0v) is 7.67. The summed E-state index contributed by atoms with van der Waals surface area (Å²) in [5.41, 5.74) is 1.01. The van der Waals surface area contributed by atoms with Crippen molar-refractivity contribution in [1.29, 1.82) is 0 Å². The average molecular weight is 182 g/mol. The number of rotatable bonds is 2. The van der Waals surface area contributed by atoms with Gasteiger partial charge in [-0.2, -0.15) is 0 Å². The van der Waals surface area contributed by atoms with E-state index in [0.717, 1.165) is 23.9 Å². The number of hydrogen-bond donors (Lipinski definition) is 0. The Morgan fingerprint density at radius 1 is 1.67 bits per heavy atom. The molecule has 1 aromatic rings. The Bertz CT molecular complexity index is 276. The summed E-state index contributed by atoms with van der Waals surface area (Å²) in [5.74, 6) is 0. The third kappa shape index (κ3) is 1.44. The number of thioether (sulfide) groups is 1. The topological polar surface area (TPSA) is 35.0 Å². The lowest BCUT2D eigenvalue weighted by Gasteiger charge is -2.25. The Hall–Kier alpha value is -0.610. The van der Waals surface area contributed by atoms with Crippen LogP contribution in [0.2, 0.25) is 0 Å². The predicted molar refractivity (Wildman–Crippen MR) is 47.1 cm³/mol. The fourth-order valence-electron chi connectivity index (χ4n) is 1.10. The molecule has 4 heteroatoms. The van der Waals surface area contributed by atoms with E-state index in [-0.39, 0.29) is 6.10 Å². The van der Waals surface area contributed by atoms with Gasteiger partial charge in [-0.25, -0.2) is 9.97 Å². The summed E-state index contributed by atoms with van der Waals surface area (Å²) in [7, 11) is 0. The summed E-state index contributed by atoms with van der Waals surface area (Å²) in [6.45, 7) is 0.864. The lowest BCUT2D eigenvalue weighted by Crippen LogP contribution is -2.19. The molecular formula is C8H10N2OS. The first-order valence-electron chi connectivity index (χ1n) is 3.88. The second-order valence-corrected chi connectivity index (χ2v) is 3.39. The average Bonchev–Trinajstić information content (AvgIpc) is 2.02. The second-order valence-electron chi connectivity index (χ2n) is 2.62. The van der Waals surface area contributed by atoms with E-state index in [2.05, 4.69) is 9.97 Å². The Balaban J connectivity index is 2.19. The van der Waals surface area contributed by atoms with E-state index in [1.165, 1.54) is 0 Å². The normalized spacial score (nSPS) is 21.9.